The van der Waals surface area contributed by atoms with Gasteiger partial charge in [0.05, 0.1) is 29.8 Å². The molecule has 7 heteroatoms. The quantitative estimate of drug-likeness (QED) is 0.920. The smallest absolute Gasteiger partial charge is 0.231 e. The number of rotatable bonds is 5. The van der Waals surface area contributed by atoms with Crippen LogP contribution in [0.15, 0.2) is 18.2 Å². The van der Waals surface area contributed by atoms with E-state index in [4.69, 9.17) is 10.00 Å². The first-order chi connectivity index (χ1) is 10.0. The van der Waals surface area contributed by atoms with Gasteiger partial charge in [0.15, 0.2) is 5.13 Å². The van der Waals surface area contributed by atoms with E-state index in [-0.39, 0.29) is 5.56 Å². The van der Waals surface area contributed by atoms with Crippen LogP contribution in [0.1, 0.15) is 10.4 Å². The van der Waals surface area contributed by atoms with Gasteiger partial charge in [-0.1, -0.05) is 11.3 Å². The van der Waals surface area contributed by atoms with E-state index in [1.165, 1.54) is 23.5 Å². The molecule has 0 spiro atoms. The lowest BCUT2D eigenvalue weighted by Gasteiger charge is -2.07. The Morgan fingerprint density at radius 1 is 1.48 bits per heavy atom. The van der Waals surface area contributed by atoms with Crippen LogP contribution in [0.25, 0.3) is 0 Å². The summed E-state index contributed by atoms with van der Waals surface area (Å²) >= 11 is 1.50. The average molecular weight is 306 g/mol. The minimum atomic E-state index is -0.428. The van der Waals surface area contributed by atoms with Crippen LogP contribution in [0.4, 0.5) is 15.2 Å². The van der Waals surface area contributed by atoms with Crippen LogP contribution >= 0.6 is 11.3 Å². The summed E-state index contributed by atoms with van der Waals surface area (Å²) in [6.45, 7) is 0.453. The Morgan fingerprint density at radius 2 is 2.24 bits per heavy atom. The maximum atomic E-state index is 13.1. The summed E-state index contributed by atoms with van der Waals surface area (Å²) in [4.78, 5) is 7.16. The van der Waals surface area contributed by atoms with Gasteiger partial charge < -0.3 is 15.0 Å². The molecule has 1 aromatic carbocycles. The zero-order valence-electron chi connectivity index (χ0n) is 12.0. The Bertz CT molecular complexity index is 678. The number of thiazole rings is 1. The topological polar surface area (TPSA) is 61.2 Å². The number of nitrogens with one attached hydrogen (secondary N) is 1. The Balaban J connectivity index is 2.18. The number of hydrogen-bond acceptors (Lipinski definition) is 6. The van der Waals surface area contributed by atoms with E-state index in [1.54, 1.807) is 13.2 Å². The van der Waals surface area contributed by atoms with Gasteiger partial charge in [0.2, 0.25) is 5.88 Å². The molecule has 21 heavy (non-hydrogen) atoms. The van der Waals surface area contributed by atoms with E-state index in [9.17, 15) is 4.39 Å². The summed E-state index contributed by atoms with van der Waals surface area (Å²) in [5, 5.41) is 13.0. The molecule has 5 nitrogen and oxygen atoms in total. The molecule has 1 heterocycles. The largest absolute Gasteiger partial charge is 0.480 e. The monoisotopic (exact) mass is 306 g/mol. The highest BCUT2D eigenvalue weighted by Gasteiger charge is 2.13. The van der Waals surface area contributed by atoms with E-state index < -0.39 is 5.82 Å². The molecule has 2 aromatic rings. The molecular formula is C14H15FN4OS. The van der Waals surface area contributed by atoms with Crippen molar-refractivity contribution in [2.24, 2.45) is 0 Å². The van der Waals surface area contributed by atoms with Gasteiger partial charge >= 0.3 is 0 Å². The fourth-order valence-electron chi connectivity index (χ4n) is 1.73. The number of halogens is 1. The normalized spacial score (nSPS) is 10.0. The number of benzene rings is 1. The van der Waals surface area contributed by atoms with Crippen molar-refractivity contribution in [3.63, 3.8) is 0 Å². The van der Waals surface area contributed by atoms with Crippen molar-refractivity contribution in [2.45, 2.75) is 6.54 Å². The predicted molar refractivity (Wildman–Crippen MR) is 81.4 cm³/mol. The van der Waals surface area contributed by atoms with Gasteiger partial charge in [0.25, 0.3) is 0 Å². The van der Waals surface area contributed by atoms with Gasteiger partial charge in [-0.3, -0.25) is 0 Å². The zero-order valence-corrected chi connectivity index (χ0v) is 12.8. The lowest BCUT2D eigenvalue weighted by Crippen LogP contribution is -2.07. The van der Waals surface area contributed by atoms with Crippen molar-refractivity contribution < 1.29 is 9.13 Å². The van der Waals surface area contributed by atoms with Crippen molar-refractivity contribution in [2.75, 3.05) is 31.4 Å². The molecule has 0 saturated carbocycles. The summed E-state index contributed by atoms with van der Waals surface area (Å²) in [5.41, 5.74) is 0.854. The summed E-state index contributed by atoms with van der Waals surface area (Å²) < 4.78 is 18.3. The molecule has 1 aromatic heterocycles. The molecule has 0 fully saturated rings. The standard InChI is InChI=1S/C14H15FN4OS/c1-19(2)14-18-13(20-3)12(21-14)8-17-11-5-4-10(15)6-9(11)7-16/h4-6,17H,8H2,1-3H3. The van der Waals surface area contributed by atoms with Crippen LogP contribution in [0.5, 0.6) is 5.88 Å². The van der Waals surface area contributed by atoms with E-state index in [2.05, 4.69) is 10.3 Å². The van der Waals surface area contributed by atoms with Gasteiger partial charge in [0.1, 0.15) is 11.9 Å². The maximum absolute atomic E-state index is 13.1. The highest BCUT2D eigenvalue weighted by molar-refractivity contribution is 7.15. The van der Waals surface area contributed by atoms with Crippen LogP contribution < -0.4 is 15.0 Å². The summed E-state index contributed by atoms with van der Waals surface area (Å²) in [6, 6.07) is 6.04. The molecular weight excluding hydrogens is 291 g/mol. The Morgan fingerprint density at radius 3 is 2.86 bits per heavy atom. The van der Waals surface area contributed by atoms with Crippen LogP contribution in [0.2, 0.25) is 0 Å². The van der Waals surface area contributed by atoms with Crippen LogP contribution in [0, 0.1) is 17.1 Å². The molecule has 0 radical (unpaired) electrons. The number of nitriles is 1. The number of nitrogens with zero attached hydrogens (tertiary/aromatic N) is 3. The number of hydrogen-bond donors (Lipinski definition) is 1. The van der Waals surface area contributed by atoms with Crippen LogP contribution in [-0.4, -0.2) is 26.2 Å². The van der Waals surface area contributed by atoms with Crippen LogP contribution in [-0.2, 0) is 6.54 Å². The molecule has 1 N–H and O–H groups in total. The number of ether oxygens (including phenoxy) is 1. The molecule has 2 rings (SSSR count). The minimum Gasteiger partial charge on any atom is -0.480 e. The molecule has 0 aliphatic rings. The Labute approximate surface area is 126 Å². The second kappa shape index (κ2) is 6.41. The first-order valence-corrected chi connectivity index (χ1v) is 7.01. The fraction of sp³-hybridized carbons (Fsp3) is 0.286. The number of aromatic nitrogens is 1. The van der Waals surface area contributed by atoms with Crippen molar-refractivity contribution >= 4 is 22.2 Å². The average Bonchev–Trinajstić information content (AvgIpc) is 2.89. The first-order valence-electron chi connectivity index (χ1n) is 6.19. The van der Waals surface area contributed by atoms with Gasteiger partial charge in [-0.25, -0.2) is 4.39 Å². The second-order valence-electron chi connectivity index (χ2n) is 4.48. The van der Waals surface area contributed by atoms with E-state index in [0.29, 0.717) is 18.1 Å². The van der Waals surface area contributed by atoms with Gasteiger partial charge in [-0.2, -0.15) is 10.2 Å². The predicted octanol–water partition coefficient (Wildman–Crippen LogP) is 2.84. The molecule has 0 unspecified atom stereocenters. The Hall–Kier alpha value is -2.33. The molecule has 0 aliphatic heterocycles. The van der Waals surface area contributed by atoms with Crippen molar-refractivity contribution in [1.82, 2.24) is 4.98 Å². The van der Waals surface area contributed by atoms with Crippen LogP contribution in [0.3, 0.4) is 0 Å². The zero-order chi connectivity index (χ0) is 15.4. The SMILES string of the molecule is COc1nc(N(C)C)sc1CNc1ccc(F)cc1C#N. The van der Waals surface area contributed by atoms with Crippen molar-refractivity contribution in [1.29, 1.82) is 5.26 Å². The molecule has 0 aliphatic carbocycles. The molecule has 0 amide bonds. The van der Waals surface area contributed by atoms with E-state index in [1.807, 2.05) is 25.1 Å². The van der Waals surface area contributed by atoms with E-state index >= 15 is 0 Å². The van der Waals surface area contributed by atoms with Gasteiger partial charge in [-0.05, 0) is 18.2 Å². The van der Waals surface area contributed by atoms with Gasteiger partial charge in [0, 0.05) is 14.1 Å². The molecule has 0 bridgehead atoms. The first kappa shape index (κ1) is 15.1. The highest BCUT2D eigenvalue weighted by atomic mass is 32.1. The summed E-state index contributed by atoms with van der Waals surface area (Å²) in [7, 11) is 5.38. The summed E-state index contributed by atoms with van der Waals surface area (Å²) in [6.07, 6.45) is 0. The third-order valence-corrected chi connectivity index (χ3v) is 3.97. The highest BCUT2D eigenvalue weighted by Crippen LogP contribution is 2.31. The molecule has 110 valence electrons. The number of methoxy groups -OCH3 is 1. The number of anilines is 2. The minimum absolute atomic E-state index is 0.270. The van der Waals surface area contributed by atoms with Crippen molar-refractivity contribution in [3.05, 3.63) is 34.5 Å². The second-order valence-corrected chi connectivity index (χ2v) is 5.54. The Kier molecular flexibility index (Phi) is 4.60. The van der Waals surface area contributed by atoms with E-state index in [0.717, 1.165) is 10.0 Å². The third-order valence-electron chi connectivity index (χ3n) is 2.77. The third kappa shape index (κ3) is 3.41. The molecule has 0 saturated heterocycles. The lowest BCUT2D eigenvalue weighted by atomic mass is 10.2. The molecule has 0 atom stereocenters. The fourth-order valence-corrected chi connectivity index (χ4v) is 2.62. The maximum Gasteiger partial charge on any atom is 0.231 e. The van der Waals surface area contributed by atoms with Crippen molar-refractivity contribution in [3.8, 4) is 11.9 Å². The van der Waals surface area contributed by atoms with Gasteiger partial charge in [-0.15, -0.1) is 0 Å². The lowest BCUT2D eigenvalue weighted by molar-refractivity contribution is 0.397. The summed E-state index contributed by atoms with van der Waals surface area (Å²) in [5.74, 6) is 0.124.